The van der Waals surface area contributed by atoms with Crippen molar-refractivity contribution in [1.29, 1.82) is 0 Å². The Morgan fingerprint density at radius 2 is 2.15 bits per heavy atom. The number of hydrogen-bond donors (Lipinski definition) is 1. The molecule has 1 aliphatic rings. The highest BCUT2D eigenvalue weighted by atomic mass is 16.1. The van der Waals surface area contributed by atoms with Gasteiger partial charge in [0.2, 0.25) is 5.95 Å². The Morgan fingerprint density at radius 1 is 1.46 bits per heavy atom. The van der Waals surface area contributed by atoms with Gasteiger partial charge in [0.05, 0.1) is 0 Å². The normalized spacial score (nSPS) is 13.5. The second kappa shape index (κ2) is 2.32. The highest BCUT2D eigenvalue weighted by Gasteiger charge is 2.19. The molecule has 2 rings (SSSR count). The number of amidine groups is 1. The first-order valence-electron chi connectivity index (χ1n) is 3.73. The van der Waals surface area contributed by atoms with Crippen molar-refractivity contribution < 1.29 is 0 Å². The maximum absolute atomic E-state index is 11.5. The Bertz CT molecular complexity index is 459. The first kappa shape index (κ1) is 7.78. The van der Waals surface area contributed by atoms with Crippen molar-refractivity contribution in [3.8, 4) is 0 Å². The van der Waals surface area contributed by atoms with E-state index in [2.05, 4.69) is 15.3 Å². The molecular weight excluding hydrogens is 170 g/mol. The van der Waals surface area contributed by atoms with Gasteiger partial charge in [0.1, 0.15) is 5.84 Å². The van der Waals surface area contributed by atoms with Crippen molar-refractivity contribution in [3.05, 3.63) is 10.4 Å². The van der Waals surface area contributed by atoms with Gasteiger partial charge in [0, 0.05) is 7.05 Å². The van der Waals surface area contributed by atoms with Crippen LogP contribution in [0.4, 0.5) is 17.5 Å². The summed E-state index contributed by atoms with van der Waals surface area (Å²) in [7, 11) is 1.55. The van der Waals surface area contributed by atoms with E-state index < -0.39 is 0 Å². The number of fused-ring (bicyclic) bond motifs is 1. The molecule has 0 bridgehead atoms. The molecule has 6 nitrogen and oxygen atoms in total. The predicted octanol–water partition coefficient (Wildman–Crippen LogP) is -0.338. The molecule has 0 unspecified atom stereocenters. The van der Waals surface area contributed by atoms with E-state index in [9.17, 15) is 4.79 Å². The van der Waals surface area contributed by atoms with Crippen LogP contribution in [-0.4, -0.2) is 15.4 Å². The van der Waals surface area contributed by atoms with Crippen LogP contribution >= 0.6 is 0 Å². The van der Waals surface area contributed by atoms with Crippen molar-refractivity contribution in [2.75, 3.05) is 5.73 Å². The monoisotopic (exact) mass is 178 g/mol. The Morgan fingerprint density at radius 3 is 2.85 bits per heavy atom. The summed E-state index contributed by atoms with van der Waals surface area (Å²) in [5.41, 5.74) is 5.49. The first-order chi connectivity index (χ1) is 6.09. The van der Waals surface area contributed by atoms with Crippen LogP contribution in [0.3, 0.4) is 0 Å². The fourth-order valence-corrected chi connectivity index (χ4v) is 1.11. The van der Waals surface area contributed by atoms with Gasteiger partial charge in [-0.1, -0.05) is 0 Å². The SMILES string of the molecule is CC1=Nc2c(nc(N)n(C)c2=O)[N]1. The van der Waals surface area contributed by atoms with Crippen LogP contribution in [0.5, 0.6) is 0 Å². The molecule has 1 aromatic heterocycles. The zero-order chi connectivity index (χ0) is 9.59. The molecule has 1 aliphatic heterocycles. The van der Waals surface area contributed by atoms with E-state index in [0.29, 0.717) is 11.7 Å². The van der Waals surface area contributed by atoms with Crippen LogP contribution in [0.25, 0.3) is 0 Å². The van der Waals surface area contributed by atoms with E-state index in [1.165, 1.54) is 4.57 Å². The van der Waals surface area contributed by atoms with Gasteiger partial charge in [-0.05, 0) is 6.92 Å². The van der Waals surface area contributed by atoms with E-state index in [0.717, 1.165) is 0 Å². The summed E-state index contributed by atoms with van der Waals surface area (Å²) in [4.78, 5) is 19.4. The van der Waals surface area contributed by atoms with Crippen molar-refractivity contribution in [2.24, 2.45) is 12.0 Å². The molecule has 67 valence electrons. The van der Waals surface area contributed by atoms with Crippen molar-refractivity contribution in [3.63, 3.8) is 0 Å². The number of nitrogen functional groups attached to an aromatic ring is 1. The lowest BCUT2D eigenvalue weighted by Gasteiger charge is -2.02. The van der Waals surface area contributed by atoms with Crippen molar-refractivity contribution in [1.82, 2.24) is 14.9 Å². The highest BCUT2D eigenvalue weighted by Crippen LogP contribution is 2.24. The smallest absolute Gasteiger partial charge is 0.282 e. The summed E-state index contributed by atoms with van der Waals surface area (Å²) < 4.78 is 1.25. The molecule has 0 saturated carbocycles. The molecule has 0 aromatic carbocycles. The summed E-state index contributed by atoms with van der Waals surface area (Å²) in [6, 6.07) is 0. The number of nitrogens with zero attached hydrogens (tertiary/aromatic N) is 4. The predicted molar refractivity (Wildman–Crippen MR) is 48.5 cm³/mol. The molecule has 1 aromatic rings. The lowest BCUT2D eigenvalue weighted by molar-refractivity contribution is 0.843. The van der Waals surface area contributed by atoms with Gasteiger partial charge >= 0.3 is 0 Å². The minimum absolute atomic E-state index is 0.150. The van der Waals surface area contributed by atoms with Gasteiger partial charge in [-0.15, -0.1) is 0 Å². The largest absolute Gasteiger partial charge is 0.369 e. The molecule has 0 amide bonds. The fourth-order valence-electron chi connectivity index (χ4n) is 1.11. The molecule has 0 atom stereocenters. The zero-order valence-corrected chi connectivity index (χ0v) is 7.27. The third-order valence-electron chi connectivity index (χ3n) is 1.82. The molecule has 2 N–H and O–H groups in total. The molecule has 6 heteroatoms. The Labute approximate surface area is 74.1 Å². The third-order valence-corrected chi connectivity index (χ3v) is 1.82. The van der Waals surface area contributed by atoms with Gasteiger partial charge < -0.3 is 5.73 Å². The average Bonchev–Trinajstić information content (AvgIpc) is 2.42. The maximum atomic E-state index is 11.5. The van der Waals surface area contributed by atoms with Crippen LogP contribution in [0, 0.1) is 0 Å². The van der Waals surface area contributed by atoms with Crippen LogP contribution in [0.1, 0.15) is 6.92 Å². The summed E-state index contributed by atoms with van der Waals surface area (Å²) in [6.45, 7) is 1.71. The van der Waals surface area contributed by atoms with E-state index in [1.54, 1.807) is 14.0 Å². The molecule has 0 aliphatic carbocycles. The maximum Gasteiger partial charge on any atom is 0.282 e. The number of hydrogen-bond acceptors (Lipinski definition) is 4. The number of aromatic nitrogens is 2. The van der Waals surface area contributed by atoms with Crippen molar-refractivity contribution >= 4 is 23.3 Å². The first-order valence-corrected chi connectivity index (χ1v) is 3.73. The average molecular weight is 178 g/mol. The molecule has 1 radical (unpaired) electrons. The van der Waals surface area contributed by atoms with Gasteiger partial charge in [0.15, 0.2) is 11.5 Å². The Hall–Kier alpha value is -1.85. The van der Waals surface area contributed by atoms with Crippen LogP contribution in [0.2, 0.25) is 0 Å². The number of anilines is 1. The van der Waals surface area contributed by atoms with E-state index >= 15 is 0 Å². The number of aliphatic imine (C=N–C) groups is 1. The molecule has 0 saturated heterocycles. The minimum Gasteiger partial charge on any atom is -0.369 e. The van der Waals surface area contributed by atoms with Gasteiger partial charge in [-0.25, -0.2) is 10.3 Å². The summed E-state index contributed by atoms with van der Waals surface area (Å²) in [6.07, 6.45) is 0. The lowest BCUT2D eigenvalue weighted by Crippen LogP contribution is -2.20. The third kappa shape index (κ3) is 0.986. The van der Waals surface area contributed by atoms with Crippen LogP contribution < -0.4 is 16.6 Å². The topological polar surface area (TPSA) is 87.4 Å². The summed E-state index contributed by atoms with van der Waals surface area (Å²) in [5.74, 6) is 1.00. The van der Waals surface area contributed by atoms with Crippen LogP contribution in [0.15, 0.2) is 9.79 Å². The summed E-state index contributed by atoms with van der Waals surface area (Å²) in [5, 5.41) is 3.96. The standard InChI is InChI=1S/C7H8N5O/c1-3-9-4-5(10-3)11-7(8)12(2)6(4)13/h1-2H3,(H2,8,11). The fraction of sp³-hybridized carbons (Fsp3) is 0.286. The van der Waals surface area contributed by atoms with Gasteiger partial charge in [-0.3, -0.25) is 9.36 Å². The Balaban J connectivity index is 2.77. The molecular formula is C7H8N5O. The molecule has 0 fully saturated rings. The Kier molecular flexibility index (Phi) is 1.39. The van der Waals surface area contributed by atoms with E-state index in [-0.39, 0.29) is 17.2 Å². The molecule has 0 spiro atoms. The second-order valence-corrected chi connectivity index (χ2v) is 2.78. The highest BCUT2D eigenvalue weighted by molar-refractivity contribution is 5.92. The number of nitrogens with two attached hydrogens (primary N) is 1. The van der Waals surface area contributed by atoms with Gasteiger partial charge in [0.25, 0.3) is 5.56 Å². The number of rotatable bonds is 0. The van der Waals surface area contributed by atoms with Gasteiger partial charge in [-0.2, -0.15) is 4.98 Å². The van der Waals surface area contributed by atoms with E-state index in [1.807, 2.05) is 0 Å². The molecule has 2 heterocycles. The quantitative estimate of drug-likeness (QED) is 0.589. The van der Waals surface area contributed by atoms with E-state index in [4.69, 9.17) is 5.73 Å². The summed E-state index contributed by atoms with van der Waals surface area (Å²) >= 11 is 0. The second-order valence-electron chi connectivity index (χ2n) is 2.78. The zero-order valence-electron chi connectivity index (χ0n) is 7.27. The lowest BCUT2D eigenvalue weighted by atomic mass is 10.5. The minimum atomic E-state index is -0.261. The molecule has 13 heavy (non-hydrogen) atoms. The van der Waals surface area contributed by atoms with Crippen LogP contribution in [-0.2, 0) is 7.05 Å². The van der Waals surface area contributed by atoms with Crippen molar-refractivity contribution in [2.45, 2.75) is 6.92 Å².